The number of carbonyl (C=O) groups excluding carboxylic acids is 1. The lowest BCUT2D eigenvalue weighted by Gasteiger charge is -2.32. The third kappa shape index (κ3) is 3.96. The zero-order valence-corrected chi connectivity index (χ0v) is 14.7. The lowest BCUT2D eigenvalue weighted by atomic mass is 10.0. The number of amides is 1. The third-order valence-corrected chi connectivity index (χ3v) is 4.57. The van der Waals surface area contributed by atoms with E-state index >= 15 is 0 Å². The van der Waals surface area contributed by atoms with E-state index < -0.39 is 5.82 Å². The van der Waals surface area contributed by atoms with Crippen LogP contribution >= 0.6 is 46.6 Å². The first-order valence-electron chi connectivity index (χ1n) is 6.14. The van der Waals surface area contributed by atoms with Gasteiger partial charge < -0.3 is 10.2 Å². The molecule has 1 saturated heterocycles. The molecule has 2 rings (SSSR count). The molecule has 1 N–H and O–H groups in total. The van der Waals surface area contributed by atoms with Gasteiger partial charge in [0.25, 0.3) is 5.91 Å². The van der Waals surface area contributed by atoms with Crippen LogP contribution in [0.5, 0.6) is 0 Å². The van der Waals surface area contributed by atoms with Crippen molar-refractivity contribution in [3.63, 3.8) is 0 Å². The van der Waals surface area contributed by atoms with Gasteiger partial charge in [-0.25, -0.2) is 4.39 Å². The Morgan fingerprint density at radius 3 is 2.60 bits per heavy atom. The van der Waals surface area contributed by atoms with E-state index in [2.05, 4.69) is 5.32 Å². The van der Waals surface area contributed by atoms with Crippen molar-refractivity contribution in [3.8, 4) is 0 Å². The van der Waals surface area contributed by atoms with Crippen molar-refractivity contribution < 1.29 is 9.18 Å². The molecule has 1 fully saturated rings. The van der Waals surface area contributed by atoms with Gasteiger partial charge in [-0.2, -0.15) is 0 Å². The SMILES string of the molecule is CNC1CCN(C(=O)c2cc(I)c(F)cc2Cl)CC1.Cl. The number of nitrogens with one attached hydrogen (secondary N) is 1. The van der Waals surface area contributed by atoms with Crippen LogP contribution in [0.4, 0.5) is 4.39 Å². The molecule has 112 valence electrons. The number of benzene rings is 1. The summed E-state index contributed by atoms with van der Waals surface area (Å²) in [6, 6.07) is 3.19. The Bertz CT molecular complexity index is 494. The molecule has 0 atom stereocenters. The van der Waals surface area contributed by atoms with Gasteiger partial charge >= 0.3 is 0 Å². The van der Waals surface area contributed by atoms with Crippen molar-refractivity contribution in [2.75, 3.05) is 20.1 Å². The average Bonchev–Trinajstić information content (AvgIpc) is 2.42. The van der Waals surface area contributed by atoms with Gasteiger partial charge in [-0.15, -0.1) is 12.4 Å². The van der Waals surface area contributed by atoms with E-state index in [1.54, 1.807) is 4.90 Å². The minimum atomic E-state index is -0.393. The van der Waals surface area contributed by atoms with E-state index in [4.69, 9.17) is 11.6 Å². The van der Waals surface area contributed by atoms with Crippen LogP contribution in [-0.4, -0.2) is 37.0 Å². The Morgan fingerprint density at radius 1 is 1.45 bits per heavy atom. The largest absolute Gasteiger partial charge is 0.338 e. The molecule has 0 aromatic heterocycles. The summed E-state index contributed by atoms with van der Waals surface area (Å²) in [7, 11) is 1.93. The van der Waals surface area contributed by atoms with Crippen LogP contribution in [0, 0.1) is 9.39 Å². The van der Waals surface area contributed by atoms with Gasteiger partial charge in [-0.3, -0.25) is 4.79 Å². The van der Waals surface area contributed by atoms with Crippen LogP contribution in [0.15, 0.2) is 12.1 Å². The standard InChI is InChI=1S/C13H15ClFIN2O.ClH/c1-17-8-2-4-18(5-3-8)13(19)9-6-12(16)11(15)7-10(9)14;/h6-8,17H,2-5H2,1H3;1H. The number of likely N-dealkylation sites (tertiary alicyclic amines) is 1. The van der Waals surface area contributed by atoms with Gasteiger partial charge in [-0.05, 0) is 54.6 Å². The van der Waals surface area contributed by atoms with Crippen LogP contribution in [0.2, 0.25) is 5.02 Å². The van der Waals surface area contributed by atoms with Crippen molar-refractivity contribution in [3.05, 3.63) is 32.1 Å². The Hall–Kier alpha value is -0.110. The highest BCUT2D eigenvalue weighted by atomic mass is 127. The summed E-state index contributed by atoms with van der Waals surface area (Å²) < 4.78 is 13.7. The van der Waals surface area contributed by atoms with E-state index in [-0.39, 0.29) is 23.3 Å². The number of hydrogen-bond donors (Lipinski definition) is 1. The lowest BCUT2D eigenvalue weighted by molar-refractivity contribution is 0.0707. The lowest BCUT2D eigenvalue weighted by Crippen LogP contribution is -2.44. The normalized spacial score (nSPS) is 15.9. The molecule has 3 nitrogen and oxygen atoms in total. The molecule has 1 heterocycles. The second-order valence-electron chi connectivity index (χ2n) is 4.60. The Morgan fingerprint density at radius 2 is 2.05 bits per heavy atom. The average molecular weight is 433 g/mol. The van der Waals surface area contributed by atoms with E-state index in [9.17, 15) is 9.18 Å². The van der Waals surface area contributed by atoms with Gasteiger partial charge in [-0.1, -0.05) is 11.6 Å². The van der Waals surface area contributed by atoms with Crippen molar-refractivity contribution in [1.29, 1.82) is 0 Å². The smallest absolute Gasteiger partial charge is 0.255 e. The molecule has 1 aliphatic heterocycles. The zero-order valence-electron chi connectivity index (χ0n) is 11.0. The van der Waals surface area contributed by atoms with Crippen molar-refractivity contribution in [2.24, 2.45) is 0 Å². The van der Waals surface area contributed by atoms with Crippen LogP contribution in [0.1, 0.15) is 23.2 Å². The molecule has 7 heteroatoms. The first kappa shape index (κ1) is 17.9. The first-order valence-corrected chi connectivity index (χ1v) is 7.59. The van der Waals surface area contributed by atoms with E-state index in [1.165, 1.54) is 12.1 Å². The zero-order chi connectivity index (χ0) is 14.0. The number of hydrogen-bond acceptors (Lipinski definition) is 2. The predicted molar refractivity (Wildman–Crippen MR) is 89.4 cm³/mol. The van der Waals surface area contributed by atoms with Crippen molar-refractivity contribution >= 4 is 52.5 Å². The maximum Gasteiger partial charge on any atom is 0.255 e. The molecule has 0 spiro atoms. The second-order valence-corrected chi connectivity index (χ2v) is 6.17. The fourth-order valence-corrected chi connectivity index (χ4v) is 2.93. The van der Waals surface area contributed by atoms with E-state index in [0.717, 1.165) is 12.8 Å². The Labute approximate surface area is 142 Å². The minimum absolute atomic E-state index is 0. The number of halogens is 4. The number of piperidine rings is 1. The molecule has 0 saturated carbocycles. The summed E-state index contributed by atoms with van der Waals surface area (Å²) >= 11 is 7.83. The molecule has 20 heavy (non-hydrogen) atoms. The highest BCUT2D eigenvalue weighted by Gasteiger charge is 2.24. The molecular weight excluding hydrogens is 417 g/mol. The summed E-state index contributed by atoms with van der Waals surface area (Å²) in [4.78, 5) is 14.2. The van der Waals surface area contributed by atoms with Gasteiger partial charge in [0.05, 0.1) is 10.6 Å². The topological polar surface area (TPSA) is 32.3 Å². The molecule has 0 radical (unpaired) electrons. The highest BCUT2D eigenvalue weighted by molar-refractivity contribution is 14.1. The number of carbonyl (C=O) groups is 1. The first-order chi connectivity index (χ1) is 9.02. The Kier molecular flexibility index (Phi) is 6.97. The number of nitrogens with zero attached hydrogens (tertiary/aromatic N) is 1. The van der Waals surface area contributed by atoms with Crippen molar-refractivity contribution in [2.45, 2.75) is 18.9 Å². The molecule has 1 amide bonds. The summed E-state index contributed by atoms with van der Waals surface area (Å²) in [6.45, 7) is 1.41. The summed E-state index contributed by atoms with van der Waals surface area (Å²) in [5, 5.41) is 3.40. The minimum Gasteiger partial charge on any atom is -0.338 e. The van der Waals surface area contributed by atoms with Crippen LogP contribution in [0.25, 0.3) is 0 Å². The summed E-state index contributed by atoms with van der Waals surface area (Å²) in [5.74, 6) is -0.506. The van der Waals surface area contributed by atoms with Crippen LogP contribution in [0.3, 0.4) is 0 Å². The maximum atomic E-state index is 13.3. The monoisotopic (exact) mass is 432 g/mol. The quantitative estimate of drug-likeness (QED) is 0.574. The molecule has 0 bridgehead atoms. The van der Waals surface area contributed by atoms with Gasteiger partial charge in [0.1, 0.15) is 5.82 Å². The fourth-order valence-electron chi connectivity index (χ4n) is 2.23. The van der Waals surface area contributed by atoms with E-state index in [0.29, 0.717) is 28.3 Å². The van der Waals surface area contributed by atoms with Crippen LogP contribution in [-0.2, 0) is 0 Å². The van der Waals surface area contributed by atoms with Gasteiger partial charge in [0.15, 0.2) is 0 Å². The van der Waals surface area contributed by atoms with Gasteiger partial charge in [0.2, 0.25) is 0 Å². The molecule has 1 aromatic carbocycles. The fraction of sp³-hybridized carbons (Fsp3) is 0.462. The van der Waals surface area contributed by atoms with Crippen molar-refractivity contribution in [1.82, 2.24) is 10.2 Å². The second kappa shape index (κ2) is 7.77. The predicted octanol–water partition coefficient (Wildman–Crippen LogP) is 3.33. The summed E-state index contributed by atoms with van der Waals surface area (Å²) in [6.07, 6.45) is 1.86. The molecule has 1 aromatic rings. The summed E-state index contributed by atoms with van der Waals surface area (Å²) in [5.41, 5.74) is 0.385. The Balaban J connectivity index is 0.00000200. The molecule has 0 aliphatic carbocycles. The molecular formula is C13H16Cl2FIN2O. The van der Waals surface area contributed by atoms with E-state index in [1.807, 2.05) is 29.6 Å². The maximum absolute atomic E-state index is 13.3. The van der Waals surface area contributed by atoms with Crippen LogP contribution < -0.4 is 5.32 Å². The molecule has 0 unspecified atom stereocenters. The third-order valence-electron chi connectivity index (χ3n) is 3.43. The van der Waals surface area contributed by atoms with Gasteiger partial charge in [0, 0.05) is 22.7 Å². The highest BCUT2D eigenvalue weighted by Crippen LogP contribution is 2.24. The number of rotatable bonds is 2. The molecule has 1 aliphatic rings.